The van der Waals surface area contributed by atoms with Crippen LogP contribution in [-0.4, -0.2) is 13.2 Å². The van der Waals surface area contributed by atoms with E-state index in [1.165, 1.54) is 11.1 Å². The fraction of sp³-hybridized carbons (Fsp3) is 0.250. The van der Waals surface area contributed by atoms with Crippen LogP contribution in [0.4, 0.5) is 5.69 Å². The van der Waals surface area contributed by atoms with Crippen molar-refractivity contribution in [2.45, 2.75) is 12.8 Å². The molecule has 0 atom stereocenters. The third-order valence-corrected chi connectivity index (χ3v) is 3.17. The van der Waals surface area contributed by atoms with Crippen LogP contribution in [-0.2, 0) is 6.42 Å². The van der Waals surface area contributed by atoms with Gasteiger partial charge in [-0.15, -0.1) is 0 Å². The average Bonchev–Trinajstić information content (AvgIpc) is 2.63. The molecule has 0 aliphatic carbocycles. The monoisotopic (exact) mass is 255 g/mol. The second kappa shape index (κ2) is 5.22. The van der Waals surface area contributed by atoms with E-state index in [2.05, 4.69) is 18.2 Å². The first-order chi connectivity index (χ1) is 9.31. The molecular formula is C16H17NO2. The number of benzene rings is 2. The van der Waals surface area contributed by atoms with Crippen molar-refractivity contribution in [1.82, 2.24) is 0 Å². The minimum Gasteiger partial charge on any atom is -0.490 e. The lowest BCUT2D eigenvalue weighted by Crippen LogP contribution is -1.97. The first kappa shape index (κ1) is 11.9. The number of hydrogen-bond donors (Lipinski definition) is 1. The van der Waals surface area contributed by atoms with E-state index in [4.69, 9.17) is 15.2 Å². The molecule has 0 aromatic heterocycles. The maximum absolute atomic E-state index is 5.80. The highest BCUT2D eigenvalue weighted by Gasteiger charge is 2.10. The van der Waals surface area contributed by atoms with Gasteiger partial charge in [0.15, 0.2) is 11.5 Å². The van der Waals surface area contributed by atoms with Gasteiger partial charge in [0.25, 0.3) is 0 Å². The predicted octanol–water partition coefficient (Wildman–Crippen LogP) is 3.02. The molecule has 2 aromatic rings. The molecule has 0 amide bonds. The van der Waals surface area contributed by atoms with Gasteiger partial charge < -0.3 is 15.2 Å². The number of rotatable bonds is 2. The molecule has 0 fully saturated rings. The Morgan fingerprint density at radius 2 is 1.68 bits per heavy atom. The van der Waals surface area contributed by atoms with Crippen LogP contribution in [0.2, 0.25) is 0 Å². The lowest BCUT2D eigenvalue weighted by Gasteiger charge is -2.09. The Morgan fingerprint density at radius 1 is 0.895 bits per heavy atom. The largest absolute Gasteiger partial charge is 0.490 e. The van der Waals surface area contributed by atoms with E-state index in [9.17, 15) is 0 Å². The second-order valence-electron chi connectivity index (χ2n) is 4.75. The minimum atomic E-state index is 0.717. The first-order valence-electron chi connectivity index (χ1n) is 6.54. The van der Waals surface area contributed by atoms with Gasteiger partial charge in [-0.2, -0.15) is 0 Å². The third-order valence-electron chi connectivity index (χ3n) is 3.17. The summed E-state index contributed by atoms with van der Waals surface area (Å²) in [6, 6.07) is 14.1. The summed E-state index contributed by atoms with van der Waals surface area (Å²) in [6.45, 7) is 1.44. The van der Waals surface area contributed by atoms with Crippen LogP contribution < -0.4 is 15.2 Å². The van der Waals surface area contributed by atoms with E-state index in [-0.39, 0.29) is 0 Å². The Labute approximate surface area is 113 Å². The molecular weight excluding hydrogens is 238 g/mol. The second-order valence-corrected chi connectivity index (χ2v) is 4.75. The summed E-state index contributed by atoms with van der Waals surface area (Å²) >= 11 is 0. The quantitative estimate of drug-likeness (QED) is 0.839. The molecule has 0 saturated heterocycles. The molecule has 0 unspecified atom stereocenters. The van der Waals surface area contributed by atoms with Crippen molar-refractivity contribution in [3.8, 4) is 11.5 Å². The number of nitrogen functional groups attached to an aromatic ring is 1. The zero-order chi connectivity index (χ0) is 13.1. The minimum absolute atomic E-state index is 0.717. The summed E-state index contributed by atoms with van der Waals surface area (Å²) in [5.41, 5.74) is 9.00. The fourth-order valence-electron chi connectivity index (χ4n) is 2.26. The van der Waals surface area contributed by atoms with Gasteiger partial charge in [0, 0.05) is 12.1 Å². The van der Waals surface area contributed by atoms with Crippen molar-refractivity contribution in [2.75, 3.05) is 18.9 Å². The molecule has 98 valence electrons. The third kappa shape index (κ3) is 2.81. The zero-order valence-electron chi connectivity index (χ0n) is 10.8. The highest BCUT2D eigenvalue weighted by Crippen LogP contribution is 2.31. The van der Waals surface area contributed by atoms with E-state index >= 15 is 0 Å². The summed E-state index contributed by atoms with van der Waals surface area (Å²) in [4.78, 5) is 0. The van der Waals surface area contributed by atoms with Gasteiger partial charge in [0.1, 0.15) is 0 Å². The van der Waals surface area contributed by atoms with Crippen molar-refractivity contribution in [3.63, 3.8) is 0 Å². The molecule has 1 aliphatic heterocycles. The topological polar surface area (TPSA) is 44.5 Å². The highest BCUT2D eigenvalue weighted by molar-refractivity contribution is 5.46. The summed E-state index contributed by atoms with van der Waals surface area (Å²) in [6.07, 6.45) is 1.78. The predicted molar refractivity (Wildman–Crippen MR) is 75.7 cm³/mol. The lowest BCUT2D eigenvalue weighted by atomic mass is 10.0. The Hall–Kier alpha value is -2.16. The van der Waals surface area contributed by atoms with Crippen molar-refractivity contribution in [1.29, 1.82) is 0 Å². The van der Waals surface area contributed by atoms with Crippen LogP contribution in [0, 0.1) is 0 Å². The molecule has 1 heterocycles. The van der Waals surface area contributed by atoms with Gasteiger partial charge >= 0.3 is 0 Å². The fourth-order valence-corrected chi connectivity index (χ4v) is 2.26. The molecule has 0 bridgehead atoms. The van der Waals surface area contributed by atoms with Gasteiger partial charge in [-0.25, -0.2) is 0 Å². The van der Waals surface area contributed by atoms with E-state index in [0.29, 0.717) is 0 Å². The first-order valence-corrected chi connectivity index (χ1v) is 6.54. The van der Waals surface area contributed by atoms with Gasteiger partial charge in [-0.1, -0.05) is 18.2 Å². The number of anilines is 1. The van der Waals surface area contributed by atoms with Crippen molar-refractivity contribution < 1.29 is 9.47 Å². The zero-order valence-corrected chi connectivity index (χ0v) is 10.8. The van der Waals surface area contributed by atoms with Crippen LogP contribution >= 0.6 is 0 Å². The van der Waals surface area contributed by atoms with E-state index in [0.717, 1.165) is 43.2 Å². The SMILES string of the molecule is Nc1cccc(Cc2ccc3c(c2)OCCCO3)c1. The Balaban J connectivity index is 1.84. The summed E-state index contributed by atoms with van der Waals surface area (Å²) < 4.78 is 11.3. The average molecular weight is 255 g/mol. The number of fused-ring (bicyclic) bond motifs is 1. The van der Waals surface area contributed by atoms with Crippen LogP contribution in [0.15, 0.2) is 42.5 Å². The molecule has 3 heteroatoms. The van der Waals surface area contributed by atoms with Crippen LogP contribution in [0.5, 0.6) is 11.5 Å². The molecule has 3 nitrogen and oxygen atoms in total. The summed E-state index contributed by atoms with van der Waals surface area (Å²) in [5, 5.41) is 0. The Bertz CT molecular complexity index is 581. The molecule has 3 rings (SSSR count). The normalized spacial score (nSPS) is 13.9. The number of ether oxygens (including phenoxy) is 2. The molecule has 0 saturated carbocycles. The van der Waals surface area contributed by atoms with Crippen molar-refractivity contribution in [3.05, 3.63) is 53.6 Å². The van der Waals surface area contributed by atoms with Crippen LogP contribution in [0.1, 0.15) is 17.5 Å². The maximum Gasteiger partial charge on any atom is 0.161 e. The van der Waals surface area contributed by atoms with E-state index in [1.54, 1.807) is 0 Å². The molecule has 1 aliphatic rings. The van der Waals surface area contributed by atoms with E-state index < -0.39 is 0 Å². The van der Waals surface area contributed by atoms with E-state index in [1.807, 2.05) is 24.3 Å². The van der Waals surface area contributed by atoms with Gasteiger partial charge in [0.2, 0.25) is 0 Å². The van der Waals surface area contributed by atoms with Gasteiger partial charge in [0.05, 0.1) is 13.2 Å². The molecule has 0 radical (unpaired) electrons. The lowest BCUT2D eigenvalue weighted by molar-refractivity contribution is 0.297. The van der Waals surface area contributed by atoms with Gasteiger partial charge in [-0.3, -0.25) is 0 Å². The smallest absolute Gasteiger partial charge is 0.161 e. The molecule has 0 spiro atoms. The molecule has 2 N–H and O–H groups in total. The molecule has 2 aromatic carbocycles. The van der Waals surface area contributed by atoms with Crippen LogP contribution in [0.25, 0.3) is 0 Å². The highest BCUT2D eigenvalue weighted by atomic mass is 16.5. The number of nitrogens with two attached hydrogens (primary N) is 1. The Kier molecular flexibility index (Phi) is 3.27. The van der Waals surface area contributed by atoms with Gasteiger partial charge in [-0.05, 0) is 41.8 Å². The number of hydrogen-bond acceptors (Lipinski definition) is 3. The summed E-state index contributed by atoms with van der Waals surface area (Å²) in [5.74, 6) is 1.69. The Morgan fingerprint density at radius 3 is 2.53 bits per heavy atom. The standard InChI is InChI=1S/C16H17NO2/c17-14-4-1-3-12(10-14)9-13-5-6-15-16(11-13)19-8-2-7-18-15/h1,3-6,10-11H,2,7-9,17H2. The molecule has 19 heavy (non-hydrogen) atoms. The van der Waals surface area contributed by atoms with Crippen LogP contribution in [0.3, 0.4) is 0 Å². The van der Waals surface area contributed by atoms with Crippen molar-refractivity contribution in [2.24, 2.45) is 0 Å². The summed E-state index contributed by atoms with van der Waals surface area (Å²) in [7, 11) is 0. The van der Waals surface area contributed by atoms with Crippen molar-refractivity contribution >= 4 is 5.69 Å². The maximum atomic E-state index is 5.80.